The van der Waals surface area contributed by atoms with Crippen molar-refractivity contribution >= 4 is 65.7 Å². The largest absolute Gasteiger partial charge is 0.480 e. The number of carbonyl (C=O) groups is 1. The minimum atomic E-state index is -2.84. The van der Waals surface area contributed by atoms with Crippen LogP contribution in [0.4, 0.5) is 5.69 Å². The van der Waals surface area contributed by atoms with Crippen LogP contribution in [-0.4, -0.2) is 84.6 Å². The molecule has 2 atom stereocenters. The van der Waals surface area contributed by atoms with Gasteiger partial charge in [-0.05, 0) is 30.5 Å². The molecule has 0 bridgehead atoms. The second-order valence-corrected chi connectivity index (χ2v) is 10.8. The van der Waals surface area contributed by atoms with Gasteiger partial charge in [0.25, 0.3) is 0 Å². The molecule has 8 nitrogen and oxygen atoms in total. The normalized spacial score (nSPS) is 19.0. The van der Waals surface area contributed by atoms with Crippen molar-refractivity contribution < 1.29 is 19.0 Å². The van der Waals surface area contributed by atoms with E-state index in [1.54, 1.807) is 4.67 Å². The Bertz CT molecular complexity index is 711. The van der Waals surface area contributed by atoms with E-state index in [1.165, 1.54) is 0 Å². The number of rotatable bonds is 13. The second kappa shape index (κ2) is 17.2. The Kier molecular flexibility index (Phi) is 16.0. The summed E-state index contributed by atoms with van der Waals surface area (Å²) in [6.45, 7) is 3.76. The van der Waals surface area contributed by atoms with Gasteiger partial charge in [-0.25, -0.2) is 9.76 Å². The first-order chi connectivity index (χ1) is 15.8. The van der Waals surface area contributed by atoms with Crippen molar-refractivity contribution in [3.05, 3.63) is 29.8 Å². The fraction of sp³-hybridized carbons (Fsp3) is 0.650. The Morgan fingerprint density at radius 1 is 1.06 bits per heavy atom. The van der Waals surface area contributed by atoms with Gasteiger partial charge in [0.1, 0.15) is 6.04 Å². The van der Waals surface area contributed by atoms with Gasteiger partial charge in [0, 0.05) is 61.9 Å². The zero-order valence-corrected chi connectivity index (χ0v) is 22.4. The topological polar surface area (TPSA) is 108 Å². The lowest BCUT2D eigenvalue weighted by atomic mass is 10.1. The van der Waals surface area contributed by atoms with Crippen molar-refractivity contribution in [3.63, 3.8) is 0 Å². The zero-order chi connectivity index (χ0) is 24.7. The lowest BCUT2D eigenvalue weighted by molar-refractivity contribution is -0.138. The van der Waals surface area contributed by atoms with Crippen LogP contribution in [0.2, 0.25) is 0 Å². The number of nitrogens with zero attached hydrogens (tertiary/aromatic N) is 2. The summed E-state index contributed by atoms with van der Waals surface area (Å²) in [5, 5.41) is 11.7. The maximum atomic E-state index is 12.2. The summed E-state index contributed by atoms with van der Waals surface area (Å²) in [5.41, 5.74) is 7.42. The predicted octanol–water partition coefficient (Wildman–Crippen LogP) is 3.81. The van der Waals surface area contributed by atoms with E-state index in [9.17, 15) is 9.36 Å². The highest BCUT2D eigenvalue weighted by Crippen LogP contribution is 2.48. The van der Waals surface area contributed by atoms with E-state index in [0.29, 0.717) is 49.6 Å². The summed E-state index contributed by atoms with van der Waals surface area (Å²) in [7, 11) is -2.84. The minimum absolute atomic E-state index is 0.320. The molecule has 1 aromatic carbocycles. The molecule has 1 fully saturated rings. The fourth-order valence-corrected chi connectivity index (χ4v) is 6.09. The SMILES string of the molecule is N[C@@H](Cc1ccc(N(CCCl)CCCl)cc1)C(=O)O.O=P1(N(CCCl)CCCl)NCCCO1. The van der Waals surface area contributed by atoms with Crippen LogP contribution in [0.15, 0.2) is 24.3 Å². The average molecular weight is 566 g/mol. The Balaban J connectivity index is 0.000000346. The number of anilines is 1. The molecule has 4 N–H and O–H groups in total. The van der Waals surface area contributed by atoms with E-state index < -0.39 is 19.7 Å². The van der Waals surface area contributed by atoms with Crippen molar-refractivity contribution in [2.75, 3.05) is 67.8 Å². The number of nitrogens with one attached hydrogen (secondary N) is 1. The number of aliphatic carboxylic acids is 1. The summed E-state index contributed by atoms with van der Waals surface area (Å²) in [6, 6.07) is 6.76. The third-order valence-corrected chi connectivity index (χ3v) is 7.72. The Hall–Kier alpha value is -0.280. The van der Waals surface area contributed by atoms with E-state index >= 15 is 0 Å². The van der Waals surface area contributed by atoms with Gasteiger partial charge in [0.2, 0.25) is 0 Å². The van der Waals surface area contributed by atoms with Crippen molar-refractivity contribution in [1.82, 2.24) is 9.76 Å². The van der Waals surface area contributed by atoms with Gasteiger partial charge in [0.15, 0.2) is 0 Å². The van der Waals surface area contributed by atoms with Gasteiger partial charge in [-0.3, -0.25) is 9.36 Å². The van der Waals surface area contributed by atoms with Gasteiger partial charge in [-0.15, -0.1) is 46.4 Å². The standard InChI is InChI=1S/C13H18Cl2N2O2.C7H15Cl2N2O2P/c14-5-7-17(8-6-15)11-3-1-10(2-4-11)9-12(16)13(18)19;8-2-5-11(6-3-9)14(12)10-4-1-7-13-14/h1-4,12H,5-9,16H2,(H,18,19);1-7H2,(H,10,12)/t12-;/m0./s1. The first-order valence-corrected chi connectivity index (χ1v) is 14.3. The lowest BCUT2D eigenvalue weighted by Crippen LogP contribution is -2.35. The molecular weight excluding hydrogens is 533 g/mol. The van der Waals surface area contributed by atoms with E-state index in [1.807, 2.05) is 24.3 Å². The van der Waals surface area contributed by atoms with Crippen LogP contribution in [0.25, 0.3) is 0 Å². The average Bonchev–Trinajstić information content (AvgIpc) is 2.80. The molecule has 1 unspecified atom stereocenters. The molecule has 190 valence electrons. The van der Waals surface area contributed by atoms with Gasteiger partial charge in [-0.2, -0.15) is 0 Å². The molecule has 0 aromatic heterocycles. The minimum Gasteiger partial charge on any atom is -0.480 e. The molecular formula is C20H33Cl4N4O4P. The highest BCUT2D eigenvalue weighted by atomic mass is 35.5. The first kappa shape index (κ1) is 30.8. The van der Waals surface area contributed by atoms with Crippen molar-refractivity contribution in [2.24, 2.45) is 5.73 Å². The molecule has 0 radical (unpaired) electrons. The predicted molar refractivity (Wildman–Crippen MR) is 139 cm³/mol. The van der Waals surface area contributed by atoms with Crippen LogP contribution < -0.4 is 15.7 Å². The van der Waals surface area contributed by atoms with Crippen LogP contribution in [0.1, 0.15) is 12.0 Å². The number of halogens is 4. The summed E-state index contributed by atoms with van der Waals surface area (Å²) in [6.07, 6.45) is 1.21. The summed E-state index contributed by atoms with van der Waals surface area (Å²) < 4.78 is 19.2. The van der Waals surface area contributed by atoms with Gasteiger partial charge in [0.05, 0.1) is 6.61 Å². The zero-order valence-electron chi connectivity index (χ0n) is 18.5. The van der Waals surface area contributed by atoms with Crippen LogP contribution in [-0.2, 0) is 20.3 Å². The molecule has 0 amide bonds. The number of hydrogen-bond donors (Lipinski definition) is 3. The smallest absolute Gasteiger partial charge is 0.343 e. The molecule has 0 spiro atoms. The molecule has 0 saturated carbocycles. The molecule has 1 saturated heterocycles. The Labute approximate surface area is 216 Å². The molecule has 1 aromatic rings. The maximum Gasteiger partial charge on any atom is 0.343 e. The van der Waals surface area contributed by atoms with Crippen molar-refractivity contribution in [1.29, 1.82) is 0 Å². The highest BCUT2D eigenvalue weighted by Gasteiger charge is 2.32. The summed E-state index contributed by atoms with van der Waals surface area (Å²) >= 11 is 22.7. The molecule has 1 aliphatic rings. The number of hydrogen-bond acceptors (Lipinski definition) is 5. The molecule has 1 aliphatic heterocycles. The lowest BCUT2D eigenvalue weighted by Gasteiger charge is -2.33. The van der Waals surface area contributed by atoms with Gasteiger partial charge in [-0.1, -0.05) is 12.1 Å². The van der Waals surface area contributed by atoms with Crippen LogP contribution in [0.3, 0.4) is 0 Å². The Morgan fingerprint density at radius 2 is 1.61 bits per heavy atom. The van der Waals surface area contributed by atoms with E-state index in [4.69, 9.17) is 61.8 Å². The number of carboxylic acids is 1. The number of benzene rings is 1. The second-order valence-electron chi connectivity index (χ2n) is 7.13. The third-order valence-electron chi connectivity index (χ3n) is 4.74. The quantitative estimate of drug-likeness (QED) is 0.245. The monoisotopic (exact) mass is 564 g/mol. The maximum absolute atomic E-state index is 12.2. The summed E-state index contributed by atoms with van der Waals surface area (Å²) in [5.74, 6) is 0.915. The van der Waals surface area contributed by atoms with E-state index in [-0.39, 0.29) is 0 Å². The van der Waals surface area contributed by atoms with Crippen molar-refractivity contribution in [3.8, 4) is 0 Å². The van der Waals surface area contributed by atoms with Crippen LogP contribution in [0, 0.1) is 0 Å². The van der Waals surface area contributed by atoms with Crippen LogP contribution >= 0.6 is 54.1 Å². The van der Waals surface area contributed by atoms with Gasteiger partial charge >= 0.3 is 13.6 Å². The molecule has 2 rings (SSSR count). The van der Waals surface area contributed by atoms with Crippen molar-refractivity contribution in [2.45, 2.75) is 18.9 Å². The van der Waals surface area contributed by atoms with E-state index in [0.717, 1.165) is 37.3 Å². The Morgan fingerprint density at radius 3 is 2.03 bits per heavy atom. The fourth-order valence-electron chi connectivity index (χ4n) is 3.04. The first-order valence-electron chi connectivity index (χ1n) is 10.6. The molecule has 0 aliphatic carbocycles. The number of alkyl halides is 4. The number of nitrogens with two attached hydrogens (primary N) is 1. The van der Waals surface area contributed by atoms with E-state index in [2.05, 4.69) is 9.99 Å². The molecule has 33 heavy (non-hydrogen) atoms. The molecule has 13 heteroatoms. The molecule has 1 heterocycles. The van der Waals surface area contributed by atoms with Crippen LogP contribution in [0.5, 0.6) is 0 Å². The highest BCUT2D eigenvalue weighted by molar-refractivity contribution is 7.54. The van der Waals surface area contributed by atoms with Gasteiger partial charge < -0.3 is 20.3 Å². The number of carboxylic acid groups (broad SMARTS) is 1. The summed E-state index contributed by atoms with van der Waals surface area (Å²) in [4.78, 5) is 12.8. The third kappa shape index (κ3) is 11.3.